The van der Waals surface area contributed by atoms with Gasteiger partial charge in [0.2, 0.25) is 0 Å². The number of ether oxygens (including phenoxy) is 1. The Morgan fingerprint density at radius 1 is 1.30 bits per heavy atom. The fraction of sp³-hybridized carbons (Fsp3) is 0.938. The van der Waals surface area contributed by atoms with E-state index in [1.54, 1.807) is 7.05 Å². The van der Waals surface area contributed by atoms with Gasteiger partial charge in [-0.25, -0.2) is 8.42 Å². The third kappa shape index (κ3) is 5.95. The van der Waals surface area contributed by atoms with Crippen molar-refractivity contribution in [3.8, 4) is 0 Å². The van der Waals surface area contributed by atoms with Gasteiger partial charge < -0.3 is 15.4 Å². The van der Waals surface area contributed by atoms with E-state index in [1.165, 1.54) is 0 Å². The van der Waals surface area contributed by atoms with Gasteiger partial charge in [0.05, 0.1) is 0 Å². The van der Waals surface area contributed by atoms with E-state index in [-0.39, 0.29) is 24.5 Å². The quantitative estimate of drug-likeness (QED) is 0.359. The maximum absolute atomic E-state index is 12.6. The van der Waals surface area contributed by atoms with Crippen LogP contribution in [0.2, 0.25) is 0 Å². The van der Waals surface area contributed by atoms with Crippen LogP contribution in [-0.4, -0.2) is 70.1 Å². The van der Waals surface area contributed by atoms with E-state index < -0.39 is 15.5 Å². The monoisotopic (exact) mass is 414 g/mol. The van der Waals surface area contributed by atoms with Crippen molar-refractivity contribution in [1.82, 2.24) is 14.9 Å². The second-order valence-electron chi connectivity index (χ2n) is 7.14. The normalized spacial score (nSPS) is 21.9. The van der Waals surface area contributed by atoms with Gasteiger partial charge in [0.1, 0.15) is 0 Å². The van der Waals surface area contributed by atoms with Crippen molar-refractivity contribution >= 4 is 16.0 Å². The molecule has 0 atom stereocenters. The smallest absolute Gasteiger partial charge is 0.382 e. The lowest BCUT2D eigenvalue weighted by atomic mass is 10.0. The predicted octanol–water partition coefficient (Wildman–Crippen LogP) is 1.67. The first kappa shape index (κ1) is 22.2. The second kappa shape index (κ2) is 8.95. The zero-order chi connectivity index (χ0) is 20.1. The van der Waals surface area contributed by atoms with Crippen molar-refractivity contribution < 1.29 is 26.3 Å². The Labute approximate surface area is 158 Å². The highest BCUT2D eigenvalue weighted by atomic mass is 32.2. The fourth-order valence-corrected chi connectivity index (χ4v) is 4.16. The van der Waals surface area contributed by atoms with Gasteiger partial charge in [0.15, 0.2) is 5.96 Å². The summed E-state index contributed by atoms with van der Waals surface area (Å²) in [5, 5.41) is 6.47. The van der Waals surface area contributed by atoms with Crippen LogP contribution < -0.4 is 10.6 Å². The summed E-state index contributed by atoms with van der Waals surface area (Å²) in [6, 6.07) is -0.116. The lowest BCUT2D eigenvalue weighted by Gasteiger charge is -2.32. The first-order chi connectivity index (χ1) is 12.6. The van der Waals surface area contributed by atoms with Crippen LogP contribution in [-0.2, 0) is 14.8 Å². The van der Waals surface area contributed by atoms with E-state index in [0.717, 1.165) is 32.4 Å². The van der Waals surface area contributed by atoms with Crippen molar-refractivity contribution in [3.05, 3.63) is 0 Å². The van der Waals surface area contributed by atoms with Crippen molar-refractivity contribution in [3.63, 3.8) is 0 Å². The molecule has 0 aromatic carbocycles. The van der Waals surface area contributed by atoms with Crippen LogP contribution in [0.3, 0.4) is 0 Å². The average molecular weight is 414 g/mol. The van der Waals surface area contributed by atoms with E-state index in [0.29, 0.717) is 29.7 Å². The van der Waals surface area contributed by atoms with E-state index in [4.69, 9.17) is 4.74 Å². The highest BCUT2D eigenvalue weighted by Gasteiger charge is 2.50. The summed E-state index contributed by atoms with van der Waals surface area (Å²) in [6.45, 7) is 3.85. The molecule has 7 nitrogen and oxygen atoms in total. The van der Waals surface area contributed by atoms with Gasteiger partial charge in [-0.3, -0.25) is 4.99 Å². The second-order valence-corrected chi connectivity index (χ2v) is 9.07. The van der Waals surface area contributed by atoms with Gasteiger partial charge in [-0.15, -0.1) is 0 Å². The molecule has 0 radical (unpaired) electrons. The van der Waals surface area contributed by atoms with Crippen LogP contribution in [0, 0.1) is 5.41 Å². The number of hydrogen-bond acceptors (Lipinski definition) is 4. The minimum Gasteiger partial charge on any atom is -0.382 e. The lowest BCUT2D eigenvalue weighted by molar-refractivity contribution is -0.0494. The molecule has 1 aliphatic heterocycles. The molecule has 0 aromatic rings. The number of nitrogens with one attached hydrogen (secondary N) is 2. The predicted molar refractivity (Wildman–Crippen MR) is 96.8 cm³/mol. The highest BCUT2D eigenvalue weighted by molar-refractivity contribution is 7.90. The molecule has 1 saturated heterocycles. The van der Waals surface area contributed by atoms with Gasteiger partial charge >= 0.3 is 15.5 Å². The van der Waals surface area contributed by atoms with Crippen molar-refractivity contribution in [2.24, 2.45) is 10.4 Å². The Hall–Kier alpha value is -1.07. The topological polar surface area (TPSA) is 83.0 Å². The van der Waals surface area contributed by atoms with Gasteiger partial charge in [-0.1, -0.05) is 0 Å². The minimum atomic E-state index is -5.25. The number of hydrogen-bond donors (Lipinski definition) is 2. The summed E-state index contributed by atoms with van der Waals surface area (Å²) in [5.41, 5.74) is -5.01. The van der Waals surface area contributed by atoms with Crippen LogP contribution >= 0.6 is 0 Å². The molecule has 11 heteroatoms. The van der Waals surface area contributed by atoms with E-state index in [2.05, 4.69) is 15.6 Å². The molecule has 2 N–H and O–H groups in total. The molecule has 27 heavy (non-hydrogen) atoms. The number of guanidine groups is 1. The van der Waals surface area contributed by atoms with Gasteiger partial charge in [-0.05, 0) is 44.4 Å². The SMILES string of the molecule is CCOCCC1(CNC(=NC)NC2CCN(S(=O)(=O)C(F)(F)F)CC2)CC1. The first-order valence-corrected chi connectivity index (χ1v) is 10.7. The Bertz CT molecular complexity index is 613. The summed E-state index contributed by atoms with van der Waals surface area (Å²) in [7, 11) is -3.60. The van der Waals surface area contributed by atoms with Gasteiger partial charge in [0.25, 0.3) is 0 Å². The number of aliphatic imine (C=N–C) groups is 1. The lowest BCUT2D eigenvalue weighted by Crippen LogP contribution is -2.52. The van der Waals surface area contributed by atoms with E-state index >= 15 is 0 Å². The molecular weight excluding hydrogens is 385 g/mol. The van der Waals surface area contributed by atoms with Gasteiger partial charge in [-0.2, -0.15) is 17.5 Å². The number of alkyl halides is 3. The molecule has 0 amide bonds. The molecule has 0 aromatic heterocycles. The summed E-state index contributed by atoms with van der Waals surface area (Å²) in [5.74, 6) is 0.592. The zero-order valence-corrected chi connectivity index (χ0v) is 16.6. The number of sulfonamides is 1. The molecular formula is C16H29F3N4O3S. The first-order valence-electron chi connectivity index (χ1n) is 9.25. The van der Waals surface area contributed by atoms with Crippen LogP contribution in [0.1, 0.15) is 39.0 Å². The van der Waals surface area contributed by atoms with Gasteiger partial charge in [0, 0.05) is 45.9 Å². The minimum absolute atomic E-state index is 0.116. The largest absolute Gasteiger partial charge is 0.511 e. The molecule has 1 aliphatic carbocycles. The molecule has 1 heterocycles. The van der Waals surface area contributed by atoms with Crippen molar-refractivity contribution in [2.45, 2.75) is 50.6 Å². The Morgan fingerprint density at radius 3 is 2.41 bits per heavy atom. The Balaban J connectivity index is 1.77. The van der Waals surface area contributed by atoms with Crippen LogP contribution in [0.4, 0.5) is 13.2 Å². The summed E-state index contributed by atoms with van der Waals surface area (Å²) in [6.07, 6.45) is 3.85. The van der Waals surface area contributed by atoms with E-state index in [1.807, 2.05) is 6.92 Å². The van der Waals surface area contributed by atoms with Crippen LogP contribution in [0.5, 0.6) is 0 Å². The van der Waals surface area contributed by atoms with Crippen molar-refractivity contribution in [1.29, 1.82) is 0 Å². The number of piperidine rings is 1. The molecule has 0 bridgehead atoms. The Kier molecular flexibility index (Phi) is 7.37. The fourth-order valence-electron chi connectivity index (χ4n) is 3.17. The highest BCUT2D eigenvalue weighted by Crippen LogP contribution is 2.48. The maximum atomic E-state index is 12.6. The maximum Gasteiger partial charge on any atom is 0.511 e. The molecule has 0 unspecified atom stereocenters. The Morgan fingerprint density at radius 2 is 1.93 bits per heavy atom. The van der Waals surface area contributed by atoms with Crippen LogP contribution in [0.15, 0.2) is 4.99 Å². The molecule has 158 valence electrons. The zero-order valence-electron chi connectivity index (χ0n) is 15.8. The number of rotatable bonds is 8. The molecule has 1 saturated carbocycles. The molecule has 2 aliphatic rings. The number of nitrogens with zero attached hydrogens (tertiary/aromatic N) is 2. The van der Waals surface area contributed by atoms with Crippen LogP contribution in [0.25, 0.3) is 0 Å². The third-order valence-corrected chi connectivity index (χ3v) is 6.85. The number of halogens is 3. The third-order valence-electron chi connectivity index (χ3n) is 5.22. The average Bonchev–Trinajstić information content (AvgIpc) is 3.38. The summed E-state index contributed by atoms with van der Waals surface area (Å²) >= 11 is 0. The standard InChI is InChI=1S/C16H29F3N4O3S/c1-3-26-11-8-15(6-7-15)12-21-14(20-2)22-13-4-9-23(10-5-13)27(24,25)16(17,18)19/h13H,3-12H2,1-2H3,(H2,20,21,22). The molecule has 2 rings (SSSR count). The summed E-state index contributed by atoms with van der Waals surface area (Å²) in [4.78, 5) is 4.17. The van der Waals surface area contributed by atoms with E-state index in [9.17, 15) is 21.6 Å². The molecule has 2 fully saturated rings. The summed E-state index contributed by atoms with van der Waals surface area (Å²) < 4.78 is 66.7. The van der Waals surface area contributed by atoms with Crippen molar-refractivity contribution in [2.75, 3.05) is 39.9 Å². The molecule has 0 spiro atoms.